The number of carbonyl (C=O) groups is 1. The van der Waals surface area contributed by atoms with Gasteiger partial charge in [-0.3, -0.25) is 4.79 Å². The Kier molecular flexibility index (Phi) is 2.73. The summed E-state index contributed by atoms with van der Waals surface area (Å²) in [4.78, 5) is 11.5. The lowest BCUT2D eigenvalue weighted by Gasteiger charge is -2.14. The second-order valence-electron chi connectivity index (χ2n) is 3.90. The zero-order valence-corrected chi connectivity index (χ0v) is 9.57. The molecule has 0 amide bonds. The number of hydrogen-bond acceptors (Lipinski definition) is 4. The summed E-state index contributed by atoms with van der Waals surface area (Å²) < 4.78 is 16.2. The Labute approximate surface area is 94.1 Å². The summed E-state index contributed by atoms with van der Waals surface area (Å²) in [6, 6.07) is 3.43. The molecule has 0 spiro atoms. The van der Waals surface area contributed by atoms with E-state index in [1.807, 2.05) is 13.8 Å². The standard InChI is InChI=1S/C12H14O4/c1-7(2)16-11-9(8(3)13)4-5-10-12(11)15-6-14-10/h4-5,7H,6H2,1-3H3. The highest BCUT2D eigenvalue weighted by atomic mass is 16.7. The molecule has 0 bridgehead atoms. The lowest BCUT2D eigenvalue weighted by Crippen LogP contribution is -2.09. The highest BCUT2D eigenvalue weighted by Gasteiger charge is 2.24. The normalized spacial score (nSPS) is 13.0. The first-order valence-electron chi connectivity index (χ1n) is 5.19. The molecule has 0 radical (unpaired) electrons. The molecule has 1 aliphatic rings. The zero-order valence-electron chi connectivity index (χ0n) is 9.57. The predicted octanol–water partition coefficient (Wildman–Crippen LogP) is 2.41. The van der Waals surface area contributed by atoms with Crippen molar-refractivity contribution in [1.29, 1.82) is 0 Å². The smallest absolute Gasteiger partial charge is 0.231 e. The van der Waals surface area contributed by atoms with Gasteiger partial charge in [0.25, 0.3) is 0 Å². The molecule has 1 aromatic carbocycles. The first-order chi connectivity index (χ1) is 7.59. The van der Waals surface area contributed by atoms with Crippen molar-refractivity contribution in [3.05, 3.63) is 17.7 Å². The molecule has 0 aliphatic carbocycles. The Balaban J connectivity index is 2.51. The highest BCUT2D eigenvalue weighted by Crippen LogP contribution is 2.43. The van der Waals surface area contributed by atoms with Gasteiger partial charge in [-0.05, 0) is 32.9 Å². The van der Waals surface area contributed by atoms with E-state index in [0.29, 0.717) is 22.8 Å². The van der Waals surface area contributed by atoms with Crippen LogP contribution in [0, 0.1) is 0 Å². The van der Waals surface area contributed by atoms with Crippen molar-refractivity contribution in [1.82, 2.24) is 0 Å². The van der Waals surface area contributed by atoms with Crippen molar-refractivity contribution in [2.45, 2.75) is 26.9 Å². The van der Waals surface area contributed by atoms with Crippen molar-refractivity contribution in [3.63, 3.8) is 0 Å². The van der Waals surface area contributed by atoms with Crippen LogP contribution in [0.5, 0.6) is 17.2 Å². The monoisotopic (exact) mass is 222 g/mol. The van der Waals surface area contributed by atoms with Gasteiger partial charge in [-0.2, -0.15) is 0 Å². The number of hydrogen-bond donors (Lipinski definition) is 0. The molecule has 0 N–H and O–H groups in total. The maximum atomic E-state index is 11.5. The van der Waals surface area contributed by atoms with Crippen molar-refractivity contribution in [2.24, 2.45) is 0 Å². The Hall–Kier alpha value is -1.71. The summed E-state index contributed by atoms with van der Waals surface area (Å²) >= 11 is 0. The molecular weight excluding hydrogens is 208 g/mol. The third-order valence-corrected chi connectivity index (χ3v) is 2.23. The van der Waals surface area contributed by atoms with Gasteiger partial charge in [-0.25, -0.2) is 0 Å². The summed E-state index contributed by atoms with van der Waals surface area (Å²) in [5.74, 6) is 1.59. The van der Waals surface area contributed by atoms with E-state index in [-0.39, 0.29) is 18.7 Å². The van der Waals surface area contributed by atoms with Crippen molar-refractivity contribution in [2.75, 3.05) is 6.79 Å². The fourth-order valence-electron chi connectivity index (χ4n) is 1.58. The van der Waals surface area contributed by atoms with Crippen LogP contribution >= 0.6 is 0 Å². The van der Waals surface area contributed by atoms with E-state index in [4.69, 9.17) is 14.2 Å². The Morgan fingerprint density at radius 1 is 1.38 bits per heavy atom. The third kappa shape index (κ3) is 1.83. The van der Waals surface area contributed by atoms with E-state index in [0.717, 1.165) is 0 Å². The van der Waals surface area contributed by atoms with Crippen LogP contribution in [-0.2, 0) is 0 Å². The molecule has 4 nitrogen and oxygen atoms in total. The van der Waals surface area contributed by atoms with Crippen LogP contribution in [0.25, 0.3) is 0 Å². The topological polar surface area (TPSA) is 44.8 Å². The van der Waals surface area contributed by atoms with Crippen LogP contribution in [0.3, 0.4) is 0 Å². The molecule has 1 heterocycles. The van der Waals surface area contributed by atoms with Gasteiger partial charge in [0.2, 0.25) is 12.5 Å². The molecular formula is C12H14O4. The lowest BCUT2D eigenvalue weighted by atomic mass is 10.1. The predicted molar refractivity (Wildman–Crippen MR) is 58.3 cm³/mol. The van der Waals surface area contributed by atoms with Crippen LogP contribution in [-0.4, -0.2) is 18.7 Å². The minimum atomic E-state index is -0.0473. The number of fused-ring (bicyclic) bond motifs is 1. The van der Waals surface area contributed by atoms with E-state index >= 15 is 0 Å². The summed E-state index contributed by atoms with van der Waals surface area (Å²) in [6.45, 7) is 5.48. The fourth-order valence-corrected chi connectivity index (χ4v) is 1.58. The number of rotatable bonds is 3. The first-order valence-corrected chi connectivity index (χ1v) is 5.19. The molecule has 0 unspecified atom stereocenters. The van der Waals surface area contributed by atoms with Gasteiger partial charge < -0.3 is 14.2 Å². The fraction of sp³-hybridized carbons (Fsp3) is 0.417. The summed E-state index contributed by atoms with van der Waals surface area (Å²) in [6.07, 6.45) is -0.0196. The molecule has 0 saturated heterocycles. The molecule has 0 saturated carbocycles. The maximum absolute atomic E-state index is 11.5. The Morgan fingerprint density at radius 3 is 2.75 bits per heavy atom. The van der Waals surface area contributed by atoms with Gasteiger partial charge in [0.05, 0.1) is 11.7 Å². The zero-order chi connectivity index (χ0) is 11.7. The summed E-state index contributed by atoms with van der Waals surface area (Å²) in [5, 5.41) is 0. The minimum Gasteiger partial charge on any atom is -0.486 e. The lowest BCUT2D eigenvalue weighted by molar-refractivity contribution is 0.101. The number of ketones is 1. The number of carbonyl (C=O) groups excluding carboxylic acids is 1. The van der Waals surface area contributed by atoms with E-state index in [2.05, 4.69) is 0 Å². The largest absolute Gasteiger partial charge is 0.486 e. The molecule has 4 heteroatoms. The van der Waals surface area contributed by atoms with E-state index < -0.39 is 0 Å². The van der Waals surface area contributed by atoms with E-state index in [1.54, 1.807) is 12.1 Å². The molecule has 0 atom stereocenters. The Morgan fingerprint density at radius 2 is 2.12 bits per heavy atom. The summed E-state index contributed by atoms with van der Waals surface area (Å²) in [7, 11) is 0. The van der Waals surface area contributed by atoms with Crippen molar-refractivity contribution >= 4 is 5.78 Å². The average molecular weight is 222 g/mol. The molecule has 86 valence electrons. The average Bonchev–Trinajstić information content (AvgIpc) is 2.64. The van der Waals surface area contributed by atoms with Gasteiger partial charge in [-0.15, -0.1) is 0 Å². The highest BCUT2D eigenvalue weighted by molar-refractivity contribution is 5.98. The van der Waals surface area contributed by atoms with E-state index in [1.165, 1.54) is 6.92 Å². The quantitative estimate of drug-likeness (QED) is 0.737. The van der Waals surface area contributed by atoms with Gasteiger partial charge in [-0.1, -0.05) is 0 Å². The van der Waals surface area contributed by atoms with E-state index in [9.17, 15) is 4.79 Å². The van der Waals surface area contributed by atoms with Gasteiger partial charge in [0, 0.05) is 0 Å². The molecule has 0 aromatic heterocycles. The summed E-state index contributed by atoms with van der Waals surface area (Å²) in [5.41, 5.74) is 0.526. The first kappa shape index (κ1) is 10.8. The third-order valence-electron chi connectivity index (χ3n) is 2.23. The molecule has 2 rings (SSSR count). The molecule has 16 heavy (non-hydrogen) atoms. The molecule has 0 fully saturated rings. The second kappa shape index (κ2) is 4.04. The molecule has 1 aromatic rings. The second-order valence-corrected chi connectivity index (χ2v) is 3.90. The Bertz CT molecular complexity index is 423. The minimum absolute atomic E-state index is 0.0196. The maximum Gasteiger partial charge on any atom is 0.231 e. The number of ether oxygens (including phenoxy) is 3. The number of benzene rings is 1. The number of Topliss-reactive ketones (excluding diaryl/α,β-unsaturated/α-hetero) is 1. The van der Waals surface area contributed by atoms with Crippen LogP contribution < -0.4 is 14.2 Å². The van der Waals surface area contributed by atoms with Gasteiger partial charge in [0.1, 0.15) is 0 Å². The van der Waals surface area contributed by atoms with Crippen LogP contribution in [0.4, 0.5) is 0 Å². The van der Waals surface area contributed by atoms with Crippen LogP contribution in [0.2, 0.25) is 0 Å². The van der Waals surface area contributed by atoms with Crippen LogP contribution in [0.1, 0.15) is 31.1 Å². The van der Waals surface area contributed by atoms with Crippen molar-refractivity contribution in [3.8, 4) is 17.2 Å². The SMILES string of the molecule is CC(=O)c1ccc2c(c1OC(C)C)OCO2. The van der Waals surface area contributed by atoms with Crippen molar-refractivity contribution < 1.29 is 19.0 Å². The van der Waals surface area contributed by atoms with Gasteiger partial charge >= 0.3 is 0 Å². The van der Waals surface area contributed by atoms with Crippen LogP contribution in [0.15, 0.2) is 12.1 Å². The van der Waals surface area contributed by atoms with Gasteiger partial charge in [0.15, 0.2) is 17.3 Å². The molecule has 1 aliphatic heterocycles.